The fraction of sp³-hybridized carbons (Fsp3) is 0.0714. The molecule has 0 radical (unpaired) electrons. The van der Waals surface area contributed by atoms with E-state index in [1.54, 1.807) is 18.2 Å². The second-order valence-corrected chi connectivity index (χ2v) is 5.73. The molecule has 0 aliphatic rings. The van der Waals surface area contributed by atoms with Gasteiger partial charge in [-0.15, -0.1) is 0 Å². The Balaban J connectivity index is 2.53. The van der Waals surface area contributed by atoms with E-state index >= 15 is 0 Å². The number of rotatable bonds is 2. The van der Waals surface area contributed by atoms with E-state index in [4.69, 9.17) is 23.2 Å². The van der Waals surface area contributed by atoms with Gasteiger partial charge in [0, 0.05) is 10.0 Å². The largest absolute Gasteiger partial charge is 0.288 e. The van der Waals surface area contributed by atoms with Crippen molar-refractivity contribution in [1.82, 2.24) is 0 Å². The normalized spacial score (nSPS) is 10.6. The molecule has 98 valence electrons. The third kappa shape index (κ3) is 2.99. The lowest BCUT2D eigenvalue weighted by atomic mass is 10.0. The van der Waals surface area contributed by atoms with Crippen molar-refractivity contribution in [2.75, 3.05) is 0 Å². The van der Waals surface area contributed by atoms with Crippen LogP contribution in [0.15, 0.2) is 34.8 Å². The Morgan fingerprint density at radius 3 is 2.42 bits per heavy atom. The minimum atomic E-state index is -0.641. The van der Waals surface area contributed by atoms with Crippen molar-refractivity contribution in [2.24, 2.45) is 0 Å². The van der Waals surface area contributed by atoms with Gasteiger partial charge in [0.05, 0.1) is 15.6 Å². The fourth-order valence-electron chi connectivity index (χ4n) is 1.65. The van der Waals surface area contributed by atoms with E-state index in [0.29, 0.717) is 9.50 Å². The molecule has 0 heterocycles. The molecule has 2 rings (SSSR count). The molecule has 0 aliphatic carbocycles. The number of hydrogen-bond acceptors (Lipinski definition) is 1. The molecule has 2 aromatic carbocycles. The summed E-state index contributed by atoms with van der Waals surface area (Å²) in [5.74, 6) is -1.13. The molecular formula is C14H8BrCl2FO. The van der Waals surface area contributed by atoms with Crippen molar-refractivity contribution in [3.63, 3.8) is 0 Å². The van der Waals surface area contributed by atoms with Gasteiger partial charge in [-0.1, -0.05) is 29.3 Å². The van der Waals surface area contributed by atoms with Crippen LogP contribution in [-0.2, 0) is 0 Å². The van der Waals surface area contributed by atoms with Gasteiger partial charge in [-0.3, -0.25) is 4.79 Å². The van der Waals surface area contributed by atoms with E-state index in [1.165, 1.54) is 6.07 Å². The van der Waals surface area contributed by atoms with Crippen LogP contribution in [0.4, 0.5) is 4.39 Å². The Hall–Kier alpha value is -0.900. The maximum Gasteiger partial charge on any atom is 0.197 e. The van der Waals surface area contributed by atoms with Crippen LogP contribution < -0.4 is 0 Å². The van der Waals surface area contributed by atoms with Crippen LogP contribution in [0.3, 0.4) is 0 Å². The molecule has 0 saturated heterocycles. The van der Waals surface area contributed by atoms with Crippen LogP contribution >= 0.6 is 39.1 Å². The Bertz CT molecular complexity index is 671. The zero-order valence-electron chi connectivity index (χ0n) is 9.81. The summed E-state index contributed by atoms with van der Waals surface area (Å²) >= 11 is 15.0. The van der Waals surface area contributed by atoms with Crippen molar-refractivity contribution in [1.29, 1.82) is 0 Å². The third-order valence-corrected chi connectivity index (χ3v) is 4.13. The van der Waals surface area contributed by atoms with Gasteiger partial charge in [0.2, 0.25) is 0 Å². The molecule has 0 bridgehead atoms. The maximum atomic E-state index is 13.8. The van der Waals surface area contributed by atoms with E-state index < -0.39 is 11.6 Å². The lowest BCUT2D eigenvalue weighted by Gasteiger charge is -2.07. The summed E-state index contributed by atoms with van der Waals surface area (Å²) < 4.78 is 14.2. The number of benzene rings is 2. The Kier molecular flexibility index (Phi) is 4.29. The molecule has 2 aromatic rings. The smallest absolute Gasteiger partial charge is 0.197 e. The summed E-state index contributed by atoms with van der Waals surface area (Å²) in [6.07, 6.45) is 0. The minimum absolute atomic E-state index is 0.0982. The van der Waals surface area contributed by atoms with Gasteiger partial charge in [-0.2, -0.15) is 0 Å². The van der Waals surface area contributed by atoms with Crippen molar-refractivity contribution >= 4 is 44.9 Å². The van der Waals surface area contributed by atoms with Crippen molar-refractivity contribution in [3.05, 3.63) is 67.4 Å². The molecule has 0 saturated carbocycles. The predicted molar refractivity (Wildman–Crippen MR) is 78.7 cm³/mol. The molecule has 0 amide bonds. The quantitative estimate of drug-likeness (QED) is 0.514. The second kappa shape index (κ2) is 5.61. The minimum Gasteiger partial charge on any atom is -0.288 e. The Labute approximate surface area is 128 Å². The van der Waals surface area contributed by atoms with E-state index in [-0.39, 0.29) is 16.1 Å². The highest BCUT2D eigenvalue weighted by Gasteiger charge is 2.18. The summed E-state index contributed by atoms with van der Waals surface area (Å²) in [5.41, 5.74) is 1.08. The first-order valence-corrected chi connectivity index (χ1v) is 6.90. The molecule has 0 unspecified atom stereocenters. The van der Waals surface area contributed by atoms with Crippen molar-refractivity contribution in [3.8, 4) is 0 Å². The molecule has 0 aliphatic heterocycles. The Morgan fingerprint density at radius 2 is 1.79 bits per heavy atom. The fourth-order valence-corrected chi connectivity index (χ4v) is 2.45. The van der Waals surface area contributed by atoms with Gasteiger partial charge in [-0.25, -0.2) is 4.39 Å². The third-order valence-electron chi connectivity index (χ3n) is 2.62. The van der Waals surface area contributed by atoms with Crippen molar-refractivity contribution < 1.29 is 9.18 Å². The molecule has 0 fully saturated rings. The number of halogens is 4. The number of hydrogen-bond donors (Lipinski definition) is 0. The van der Waals surface area contributed by atoms with Crippen molar-refractivity contribution in [2.45, 2.75) is 6.92 Å². The summed E-state index contributed by atoms with van der Waals surface area (Å²) in [6, 6.07) is 7.44. The van der Waals surface area contributed by atoms with Crippen LogP contribution in [0.2, 0.25) is 10.0 Å². The van der Waals surface area contributed by atoms with E-state index in [0.717, 1.165) is 11.6 Å². The summed E-state index contributed by atoms with van der Waals surface area (Å²) in [6.45, 7) is 1.86. The highest BCUT2D eigenvalue weighted by Crippen LogP contribution is 2.28. The molecule has 1 nitrogen and oxygen atoms in total. The zero-order valence-corrected chi connectivity index (χ0v) is 12.9. The topological polar surface area (TPSA) is 17.1 Å². The first kappa shape index (κ1) is 14.5. The van der Waals surface area contributed by atoms with E-state index in [9.17, 15) is 9.18 Å². The van der Waals surface area contributed by atoms with Crippen LogP contribution in [-0.4, -0.2) is 5.78 Å². The van der Waals surface area contributed by atoms with Gasteiger partial charge in [0.1, 0.15) is 5.82 Å². The monoisotopic (exact) mass is 360 g/mol. The highest BCUT2D eigenvalue weighted by molar-refractivity contribution is 9.10. The van der Waals surface area contributed by atoms with Crippen LogP contribution in [0.5, 0.6) is 0 Å². The molecule has 0 atom stereocenters. The van der Waals surface area contributed by atoms with E-state index in [1.807, 2.05) is 6.92 Å². The van der Waals surface area contributed by atoms with Crippen LogP contribution in [0.1, 0.15) is 21.5 Å². The molecule has 0 spiro atoms. The summed E-state index contributed by atoms with van der Waals surface area (Å²) in [7, 11) is 0. The first-order chi connectivity index (χ1) is 8.90. The summed E-state index contributed by atoms with van der Waals surface area (Å²) in [4.78, 5) is 12.3. The summed E-state index contributed by atoms with van der Waals surface area (Å²) in [5, 5.41) is 0.566. The van der Waals surface area contributed by atoms with Crippen LogP contribution in [0.25, 0.3) is 0 Å². The molecule has 5 heteroatoms. The molecule has 0 N–H and O–H groups in total. The highest BCUT2D eigenvalue weighted by atomic mass is 79.9. The Morgan fingerprint density at radius 1 is 1.11 bits per heavy atom. The zero-order chi connectivity index (χ0) is 14.2. The van der Waals surface area contributed by atoms with Gasteiger partial charge in [0.25, 0.3) is 0 Å². The number of aryl methyl sites for hydroxylation is 1. The number of ketones is 1. The SMILES string of the molecule is Cc1ccc(C(=O)c2cc(Cl)c(Br)cc2F)c(Cl)c1. The lowest BCUT2D eigenvalue weighted by molar-refractivity contribution is 0.103. The molecular weight excluding hydrogens is 354 g/mol. The maximum absolute atomic E-state index is 13.8. The lowest BCUT2D eigenvalue weighted by Crippen LogP contribution is -2.05. The number of carbonyl (C=O) groups is 1. The van der Waals surface area contributed by atoms with Gasteiger partial charge in [-0.05, 0) is 52.7 Å². The average molecular weight is 362 g/mol. The van der Waals surface area contributed by atoms with Crippen LogP contribution in [0, 0.1) is 12.7 Å². The first-order valence-electron chi connectivity index (χ1n) is 5.35. The van der Waals surface area contributed by atoms with Gasteiger partial charge >= 0.3 is 0 Å². The number of carbonyl (C=O) groups excluding carboxylic acids is 1. The predicted octanol–water partition coefficient (Wildman–Crippen LogP) is 5.43. The molecule has 0 aromatic heterocycles. The van der Waals surface area contributed by atoms with Gasteiger partial charge in [0.15, 0.2) is 5.78 Å². The second-order valence-electron chi connectivity index (χ2n) is 4.06. The molecule has 19 heavy (non-hydrogen) atoms. The van der Waals surface area contributed by atoms with E-state index in [2.05, 4.69) is 15.9 Å². The standard InChI is InChI=1S/C14H8BrCl2FO/c1-7-2-3-8(11(16)4-7)14(19)9-5-12(17)10(15)6-13(9)18/h2-6H,1H3. The average Bonchev–Trinajstić information content (AvgIpc) is 2.33. The van der Waals surface area contributed by atoms with Gasteiger partial charge < -0.3 is 0 Å².